The fourth-order valence-electron chi connectivity index (χ4n) is 3.76. The Balaban J connectivity index is 1.62. The van der Waals surface area contributed by atoms with E-state index in [0.29, 0.717) is 12.0 Å². The predicted molar refractivity (Wildman–Crippen MR) is 138 cm³/mol. The van der Waals surface area contributed by atoms with Crippen LogP contribution in [0, 0.1) is 35.3 Å². The van der Waals surface area contributed by atoms with Gasteiger partial charge in [0.1, 0.15) is 0 Å². The monoisotopic (exact) mass is 454 g/mol. The van der Waals surface area contributed by atoms with Gasteiger partial charge >= 0.3 is 0 Å². The average Bonchev–Trinajstić information content (AvgIpc) is 2.86. The number of benzene rings is 3. The highest BCUT2D eigenvalue weighted by Crippen LogP contribution is 2.19. The van der Waals surface area contributed by atoms with E-state index >= 15 is 0 Å². The fourth-order valence-corrected chi connectivity index (χ4v) is 3.76. The predicted octanol–water partition coefficient (Wildman–Crippen LogP) is 8.23. The van der Waals surface area contributed by atoms with Gasteiger partial charge in [0.15, 0.2) is 11.6 Å². The van der Waals surface area contributed by atoms with Gasteiger partial charge in [0.2, 0.25) is 0 Å². The minimum absolute atomic E-state index is 0.0858. The van der Waals surface area contributed by atoms with Crippen molar-refractivity contribution in [2.75, 3.05) is 0 Å². The maximum absolute atomic E-state index is 14.5. The minimum Gasteiger partial charge on any atom is -0.203 e. The zero-order chi connectivity index (χ0) is 24.2. The number of hydrogen-bond acceptors (Lipinski definition) is 0. The molecule has 0 aromatic heterocycles. The lowest BCUT2D eigenvalue weighted by Crippen LogP contribution is -1.98. The molecule has 3 aromatic carbocycles. The summed E-state index contributed by atoms with van der Waals surface area (Å²) >= 11 is 0. The molecule has 0 unspecified atom stereocenters. The zero-order valence-electron chi connectivity index (χ0n) is 20.2. The minimum atomic E-state index is -0.856. The van der Waals surface area contributed by atoms with E-state index in [1.807, 2.05) is 36.4 Å². The van der Waals surface area contributed by atoms with Gasteiger partial charge in [0.25, 0.3) is 0 Å². The molecular weight excluding hydrogens is 422 g/mol. The highest BCUT2D eigenvalue weighted by Gasteiger charge is 2.12. The van der Waals surface area contributed by atoms with Crippen LogP contribution in [0.25, 0.3) is 0 Å². The molecule has 0 N–H and O–H groups in total. The Hall–Kier alpha value is -3.36. The largest absolute Gasteiger partial charge is 0.203 e. The summed E-state index contributed by atoms with van der Waals surface area (Å²) in [6.07, 6.45) is 8.18. The number of rotatable bonds is 8. The Morgan fingerprint density at radius 3 is 1.68 bits per heavy atom. The molecule has 2 heteroatoms. The molecule has 0 bridgehead atoms. The third kappa shape index (κ3) is 7.60. The van der Waals surface area contributed by atoms with Gasteiger partial charge in [-0.15, -0.1) is 0 Å². The maximum Gasteiger partial charge on any atom is 0.174 e. The van der Waals surface area contributed by atoms with Gasteiger partial charge in [0, 0.05) is 16.7 Å². The number of hydrogen-bond donors (Lipinski definition) is 0. The van der Waals surface area contributed by atoms with E-state index in [4.69, 9.17) is 0 Å². The Morgan fingerprint density at radius 2 is 1.09 bits per heavy atom. The molecule has 0 saturated heterocycles. The van der Waals surface area contributed by atoms with Gasteiger partial charge in [-0.25, -0.2) is 8.78 Å². The van der Waals surface area contributed by atoms with Gasteiger partial charge in [-0.05, 0) is 72.9 Å². The first-order valence-electron chi connectivity index (χ1n) is 12.3. The lowest BCUT2D eigenvalue weighted by Gasteiger charge is -2.05. The van der Waals surface area contributed by atoms with Crippen molar-refractivity contribution in [1.29, 1.82) is 0 Å². The average molecular weight is 455 g/mol. The Bertz CT molecular complexity index is 1180. The van der Waals surface area contributed by atoms with Crippen molar-refractivity contribution < 1.29 is 8.78 Å². The molecule has 0 fully saturated rings. The van der Waals surface area contributed by atoms with Crippen molar-refractivity contribution in [3.05, 3.63) is 106 Å². The first-order valence-corrected chi connectivity index (χ1v) is 12.3. The molecule has 0 atom stereocenters. The summed E-state index contributed by atoms with van der Waals surface area (Å²) in [6, 6.07) is 19.0. The third-order valence-electron chi connectivity index (χ3n) is 5.78. The van der Waals surface area contributed by atoms with Crippen LogP contribution in [0.2, 0.25) is 0 Å². The highest BCUT2D eigenvalue weighted by molar-refractivity contribution is 5.48. The molecule has 0 aliphatic heterocycles. The molecule has 0 spiro atoms. The van der Waals surface area contributed by atoms with Crippen molar-refractivity contribution in [3.8, 4) is 23.7 Å². The fraction of sp³-hybridized carbons (Fsp3) is 0.312. The van der Waals surface area contributed by atoms with Gasteiger partial charge in [-0.3, -0.25) is 0 Å². The normalized spacial score (nSPS) is 10.2. The highest BCUT2D eigenvalue weighted by atomic mass is 19.2. The van der Waals surface area contributed by atoms with Crippen molar-refractivity contribution in [1.82, 2.24) is 0 Å². The van der Waals surface area contributed by atoms with Crippen molar-refractivity contribution in [2.45, 2.75) is 65.2 Å². The molecule has 0 amide bonds. The quantitative estimate of drug-likeness (QED) is 0.237. The Morgan fingerprint density at radius 1 is 0.529 bits per heavy atom. The molecule has 3 aromatic rings. The van der Waals surface area contributed by atoms with Crippen LogP contribution < -0.4 is 0 Å². The zero-order valence-corrected chi connectivity index (χ0v) is 20.2. The van der Waals surface area contributed by atoms with Gasteiger partial charge in [-0.2, -0.15) is 0 Å². The smallest absolute Gasteiger partial charge is 0.174 e. The SMILES string of the molecule is CCCCCCCc1ccc(C#Cc2ccc(C#Cc3ccc(CCC)cc3)cc2)c(F)c1F. The van der Waals surface area contributed by atoms with Crippen LogP contribution in [0.1, 0.15) is 85.8 Å². The van der Waals surface area contributed by atoms with Crippen LogP contribution in [0.15, 0.2) is 60.7 Å². The summed E-state index contributed by atoms with van der Waals surface area (Å²) in [5, 5.41) is 0. The summed E-state index contributed by atoms with van der Waals surface area (Å²) in [5.74, 6) is 10.4. The molecule has 0 radical (unpaired) electrons. The van der Waals surface area contributed by atoms with Crippen molar-refractivity contribution >= 4 is 0 Å². The van der Waals surface area contributed by atoms with Crippen LogP contribution in [-0.2, 0) is 12.8 Å². The summed E-state index contributed by atoms with van der Waals surface area (Å²) < 4.78 is 28.9. The molecule has 0 saturated carbocycles. The van der Waals surface area contributed by atoms with E-state index in [-0.39, 0.29) is 5.56 Å². The van der Waals surface area contributed by atoms with E-state index in [9.17, 15) is 8.78 Å². The summed E-state index contributed by atoms with van der Waals surface area (Å²) in [5.41, 5.74) is 4.43. The summed E-state index contributed by atoms with van der Waals surface area (Å²) in [6.45, 7) is 4.33. The van der Waals surface area contributed by atoms with Crippen LogP contribution >= 0.6 is 0 Å². The van der Waals surface area contributed by atoms with Gasteiger partial charge < -0.3 is 0 Å². The van der Waals surface area contributed by atoms with E-state index in [1.165, 1.54) is 18.4 Å². The Labute approximate surface area is 203 Å². The lowest BCUT2D eigenvalue weighted by atomic mass is 10.0. The number of unbranched alkanes of at least 4 members (excludes halogenated alkanes) is 4. The van der Waals surface area contributed by atoms with Crippen LogP contribution in [-0.4, -0.2) is 0 Å². The molecule has 0 heterocycles. The second-order valence-electron chi connectivity index (χ2n) is 8.59. The molecule has 0 aliphatic carbocycles. The second kappa shape index (κ2) is 13.4. The Kier molecular flexibility index (Phi) is 9.94. The molecule has 174 valence electrons. The standard InChI is InChI=1S/C32H32F2/c1-3-5-6-7-8-10-29-23-24-30(32(34)31(29)33)22-21-28-19-17-27(18-20-28)16-15-26-13-11-25(9-4-2)12-14-26/h11-14,17-20,23-24H,3-10H2,1-2H3. The summed E-state index contributed by atoms with van der Waals surface area (Å²) in [4.78, 5) is 0. The third-order valence-corrected chi connectivity index (χ3v) is 5.78. The second-order valence-corrected chi connectivity index (χ2v) is 8.59. The summed E-state index contributed by atoms with van der Waals surface area (Å²) in [7, 11) is 0. The van der Waals surface area contributed by atoms with E-state index in [2.05, 4.69) is 49.7 Å². The lowest BCUT2D eigenvalue weighted by molar-refractivity contribution is 0.493. The van der Waals surface area contributed by atoms with E-state index in [1.54, 1.807) is 12.1 Å². The maximum atomic E-state index is 14.5. The van der Waals surface area contributed by atoms with Crippen molar-refractivity contribution in [3.63, 3.8) is 0 Å². The molecular formula is C32H32F2. The van der Waals surface area contributed by atoms with Crippen LogP contribution in [0.4, 0.5) is 8.78 Å². The van der Waals surface area contributed by atoms with Gasteiger partial charge in [0.05, 0.1) is 5.56 Å². The first-order chi connectivity index (χ1) is 16.6. The number of halogens is 2. The molecule has 0 aliphatic rings. The van der Waals surface area contributed by atoms with E-state index in [0.717, 1.165) is 48.8 Å². The van der Waals surface area contributed by atoms with Crippen molar-refractivity contribution in [2.24, 2.45) is 0 Å². The van der Waals surface area contributed by atoms with E-state index < -0.39 is 11.6 Å². The van der Waals surface area contributed by atoms with Gasteiger partial charge in [-0.1, -0.05) is 87.8 Å². The molecule has 34 heavy (non-hydrogen) atoms. The van der Waals surface area contributed by atoms with Crippen LogP contribution in [0.5, 0.6) is 0 Å². The molecule has 0 nitrogen and oxygen atoms in total. The molecule has 3 rings (SSSR count). The van der Waals surface area contributed by atoms with Crippen LogP contribution in [0.3, 0.4) is 0 Å². The first kappa shape index (κ1) is 25.3. The number of aryl methyl sites for hydroxylation is 2. The topological polar surface area (TPSA) is 0 Å².